The zero-order valence-electron chi connectivity index (χ0n) is 8.44. The third kappa shape index (κ3) is 3.06. The van der Waals surface area contributed by atoms with Crippen LogP contribution in [0, 0.1) is 0 Å². The van der Waals surface area contributed by atoms with E-state index >= 15 is 0 Å². The van der Waals surface area contributed by atoms with Crippen LogP contribution in [0.3, 0.4) is 0 Å². The van der Waals surface area contributed by atoms with Crippen molar-refractivity contribution in [1.82, 2.24) is 4.98 Å². The average molecular weight is 241 g/mol. The minimum Gasteiger partial charge on any atom is -0.465 e. The SMILES string of the molecule is COC(=O)c1cc(C=CC(N)=O)cnc1Cl. The number of halogens is 1. The van der Waals surface area contributed by atoms with Crippen LogP contribution in [-0.4, -0.2) is 24.0 Å². The maximum atomic E-state index is 11.3. The van der Waals surface area contributed by atoms with Crippen molar-refractivity contribution in [1.29, 1.82) is 0 Å². The van der Waals surface area contributed by atoms with Gasteiger partial charge in [0, 0.05) is 12.3 Å². The quantitative estimate of drug-likeness (QED) is 0.486. The topological polar surface area (TPSA) is 82.3 Å². The van der Waals surface area contributed by atoms with Gasteiger partial charge in [0.15, 0.2) is 0 Å². The van der Waals surface area contributed by atoms with E-state index in [9.17, 15) is 9.59 Å². The molecule has 0 bridgehead atoms. The molecule has 1 aromatic heterocycles. The number of primary amides is 1. The molecule has 1 rings (SSSR count). The molecule has 16 heavy (non-hydrogen) atoms. The smallest absolute Gasteiger partial charge is 0.341 e. The van der Waals surface area contributed by atoms with E-state index in [4.69, 9.17) is 17.3 Å². The summed E-state index contributed by atoms with van der Waals surface area (Å²) in [5.74, 6) is -1.18. The maximum absolute atomic E-state index is 11.3. The number of methoxy groups -OCH3 is 1. The van der Waals surface area contributed by atoms with Crippen molar-refractivity contribution < 1.29 is 14.3 Å². The molecule has 0 aromatic carbocycles. The van der Waals surface area contributed by atoms with Crippen LogP contribution in [0.15, 0.2) is 18.3 Å². The Morgan fingerprint density at radius 3 is 2.81 bits per heavy atom. The van der Waals surface area contributed by atoms with Crippen LogP contribution in [-0.2, 0) is 9.53 Å². The summed E-state index contributed by atoms with van der Waals surface area (Å²) in [4.78, 5) is 25.6. The number of nitrogens with zero attached hydrogens (tertiary/aromatic N) is 1. The van der Waals surface area contributed by atoms with Crippen molar-refractivity contribution in [3.8, 4) is 0 Å². The van der Waals surface area contributed by atoms with Crippen LogP contribution in [0.5, 0.6) is 0 Å². The molecule has 0 aliphatic carbocycles. The lowest BCUT2D eigenvalue weighted by atomic mass is 10.2. The van der Waals surface area contributed by atoms with Crippen molar-refractivity contribution in [2.45, 2.75) is 0 Å². The number of nitrogens with two attached hydrogens (primary N) is 1. The molecule has 84 valence electrons. The summed E-state index contributed by atoms with van der Waals surface area (Å²) >= 11 is 5.70. The fraction of sp³-hybridized carbons (Fsp3) is 0.100. The van der Waals surface area contributed by atoms with E-state index in [0.29, 0.717) is 5.56 Å². The van der Waals surface area contributed by atoms with Gasteiger partial charge in [-0.1, -0.05) is 11.6 Å². The number of rotatable bonds is 3. The number of hydrogen-bond donors (Lipinski definition) is 1. The lowest BCUT2D eigenvalue weighted by Gasteiger charge is -2.02. The molecule has 0 unspecified atom stereocenters. The molecule has 0 aliphatic heterocycles. The molecule has 6 heteroatoms. The zero-order chi connectivity index (χ0) is 12.1. The second kappa shape index (κ2) is 5.27. The molecule has 0 aliphatic rings. The van der Waals surface area contributed by atoms with Crippen molar-refractivity contribution in [3.63, 3.8) is 0 Å². The predicted octanol–water partition coefficient (Wildman–Crippen LogP) is 1.02. The molecule has 1 amide bonds. The van der Waals surface area contributed by atoms with Crippen molar-refractivity contribution in [2.75, 3.05) is 7.11 Å². The Bertz CT molecular complexity index is 457. The molecule has 1 heterocycles. The highest BCUT2D eigenvalue weighted by molar-refractivity contribution is 6.32. The van der Waals surface area contributed by atoms with Gasteiger partial charge in [-0.05, 0) is 17.7 Å². The minimum absolute atomic E-state index is 0.0445. The summed E-state index contributed by atoms with van der Waals surface area (Å²) in [7, 11) is 1.24. The molecular formula is C10H9ClN2O3. The van der Waals surface area contributed by atoms with E-state index in [1.807, 2.05) is 0 Å². The fourth-order valence-electron chi connectivity index (χ4n) is 0.987. The average Bonchev–Trinajstić information content (AvgIpc) is 2.27. The number of aromatic nitrogens is 1. The van der Waals surface area contributed by atoms with Gasteiger partial charge in [0.1, 0.15) is 5.15 Å². The van der Waals surface area contributed by atoms with Crippen molar-refractivity contribution in [3.05, 3.63) is 34.6 Å². The molecule has 0 radical (unpaired) electrons. The standard InChI is InChI=1S/C10H9ClN2O3/c1-16-10(15)7-4-6(2-3-8(12)14)5-13-9(7)11/h2-5H,1H3,(H2,12,14). The Labute approximate surface area is 96.9 Å². The van der Waals surface area contributed by atoms with Gasteiger partial charge in [-0.15, -0.1) is 0 Å². The number of pyridine rings is 1. The number of ether oxygens (including phenoxy) is 1. The van der Waals surface area contributed by atoms with Crippen LogP contribution in [0.25, 0.3) is 6.08 Å². The maximum Gasteiger partial charge on any atom is 0.341 e. The number of amides is 1. The third-order valence-electron chi connectivity index (χ3n) is 1.71. The second-order valence-corrected chi connectivity index (χ2v) is 3.19. The zero-order valence-corrected chi connectivity index (χ0v) is 9.19. The molecule has 5 nitrogen and oxygen atoms in total. The Morgan fingerprint density at radius 1 is 1.56 bits per heavy atom. The van der Waals surface area contributed by atoms with Gasteiger partial charge in [0.05, 0.1) is 12.7 Å². The molecule has 0 spiro atoms. The van der Waals surface area contributed by atoms with Crippen LogP contribution < -0.4 is 5.73 Å². The molecule has 0 fully saturated rings. The fourth-order valence-corrected chi connectivity index (χ4v) is 1.17. The molecule has 2 N–H and O–H groups in total. The van der Waals surface area contributed by atoms with Crippen molar-refractivity contribution >= 4 is 29.6 Å². The van der Waals surface area contributed by atoms with Gasteiger partial charge in [0.25, 0.3) is 0 Å². The van der Waals surface area contributed by atoms with E-state index in [0.717, 1.165) is 6.08 Å². The number of hydrogen-bond acceptors (Lipinski definition) is 4. The summed E-state index contributed by atoms with van der Waals surface area (Å²) in [6, 6.07) is 1.46. The lowest BCUT2D eigenvalue weighted by Crippen LogP contribution is -2.06. The first kappa shape index (κ1) is 12.2. The summed E-state index contributed by atoms with van der Waals surface area (Å²) in [5.41, 5.74) is 5.60. The van der Waals surface area contributed by atoms with E-state index in [-0.39, 0.29) is 10.7 Å². The van der Waals surface area contributed by atoms with E-state index in [1.165, 1.54) is 25.4 Å². The Kier molecular flexibility index (Phi) is 4.02. The van der Waals surface area contributed by atoms with Gasteiger partial charge < -0.3 is 10.5 Å². The summed E-state index contributed by atoms with van der Waals surface area (Å²) in [5, 5.41) is 0.0445. The summed E-state index contributed by atoms with van der Waals surface area (Å²) in [6.45, 7) is 0. The van der Waals surface area contributed by atoms with Crippen molar-refractivity contribution in [2.24, 2.45) is 5.73 Å². The monoisotopic (exact) mass is 240 g/mol. The second-order valence-electron chi connectivity index (χ2n) is 2.83. The normalized spacial score (nSPS) is 10.4. The van der Waals surface area contributed by atoms with Crippen LogP contribution in [0.2, 0.25) is 5.15 Å². The van der Waals surface area contributed by atoms with E-state index in [1.54, 1.807) is 0 Å². The molecule has 0 saturated carbocycles. The number of carbonyl (C=O) groups excluding carboxylic acids is 2. The molecule has 0 atom stereocenters. The summed E-state index contributed by atoms with van der Waals surface area (Å²) in [6.07, 6.45) is 4.00. The van der Waals surface area contributed by atoms with Crippen LogP contribution >= 0.6 is 11.6 Å². The first-order valence-electron chi connectivity index (χ1n) is 4.26. The van der Waals surface area contributed by atoms with Crippen LogP contribution in [0.1, 0.15) is 15.9 Å². The van der Waals surface area contributed by atoms with Gasteiger partial charge in [0.2, 0.25) is 5.91 Å². The van der Waals surface area contributed by atoms with Gasteiger partial charge in [-0.3, -0.25) is 4.79 Å². The molecular weight excluding hydrogens is 232 g/mol. The van der Waals surface area contributed by atoms with E-state index in [2.05, 4.69) is 9.72 Å². The molecule has 0 saturated heterocycles. The Morgan fingerprint density at radius 2 is 2.25 bits per heavy atom. The number of esters is 1. The molecule has 1 aromatic rings. The highest BCUT2D eigenvalue weighted by Gasteiger charge is 2.11. The number of carbonyl (C=O) groups is 2. The van der Waals surface area contributed by atoms with Gasteiger partial charge >= 0.3 is 5.97 Å². The Hall–Kier alpha value is -1.88. The largest absolute Gasteiger partial charge is 0.465 e. The minimum atomic E-state index is -0.591. The first-order chi connectivity index (χ1) is 7.54. The first-order valence-corrected chi connectivity index (χ1v) is 4.63. The predicted molar refractivity (Wildman–Crippen MR) is 58.8 cm³/mol. The highest BCUT2D eigenvalue weighted by atomic mass is 35.5. The van der Waals surface area contributed by atoms with Gasteiger partial charge in [-0.25, -0.2) is 9.78 Å². The third-order valence-corrected chi connectivity index (χ3v) is 2.01. The highest BCUT2D eigenvalue weighted by Crippen LogP contribution is 2.16. The van der Waals surface area contributed by atoms with E-state index < -0.39 is 11.9 Å². The lowest BCUT2D eigenvalue weighted by molar-refractivity contribution is -0.113. The Balaban J connectivity index is 3.07. The van der Waals surface area contributed by atoms with Crippen LogP contribution in [0.4, 0.5) is 0 Å². The van der Waals surface area contributed by atoms with Gasteiger partial charge in [-0.2, -0.15) is 0 Å². The summed E-state index contributed by atoms with van der Waals surface area (Å²) < 4.78 is 4.52.